The first-order valence-corrected chi connectivity index (χ1v) is 8.58. The van der Waals surface area contributed by atoms with Crippen molar-refractivity contribution in [3.8, 4) is 11.8 Å². The van der Waals surface area contributed by atoms with E-state index < -0.39 is 17.8 Å². The van der Waals surface area contributed by atoms with Gasteiger partial charge in [-0.05, 0) is 36.4 Å². The molecule has 1 amide bonds. The highest BCUT2D eigenvalue weighted by Crippen LogP contribution is 2.31. The predicted octanol–water partition coefficient (Wildman–Crippen LogP) is 3.50. The van der Waals surface area contributed by atoms with Crippen LogP contribution in [0, 0.1) is 11.3 Å². The van der Waals surface area contributed by atoms with Crippen LogP contribution in [0.15, 0.2) is 48.5 Å². The van der Waals surface area contributed by atoms with Crippen LogP contribution in [-0.4, -0.2) is 43.2 Å². The summed E-state index contributed by atoms with van der Waals surface area (Å²) < 4.78 is 49.3. The summed E-state index contributed by atoms with van der Waals surface area (Å²) in [7, 11) is 0. The van der Waals surface area contributed by atoms with E-state index >= 15 is 0 Å². The Labute approximate surface area is 159 Å². The second-order valence-corrected chi connectivity index (χ2v) is 6.27. The van der Waals surface area contributed by atoms with Gasteiger partial charge in [-0.3, -0.25) is 4.79 Å². The summed E-state index contributed by atoms with van der Waals surface area (Å²) in [4.78, 5) is 14.2. The third kappa shape index (κ3) is 4.81. The van der Waals surface area contributed by atoms with Gasteiger partial charge in [-0.15, -0.1) is 0 Å². The zero-order valence-corrected chi connectivity index (χ0v) is 14.8. The van der Waals surface area contributed by atoms with Crippen molar-refractivity contribution < 1.29 is 27.4 Å². The van der Waals surface area contributed by atoms with Gasteiger partial charge in [0.05, 0.1) is 30.3 Å². The molecule has 146 valence electrons. The second-order valence-electron chi connectivity index (χ2n) is 6.27. The van der Waals surface area contributed by atoms with Gasteiger partial charge in [0.2, 0.25) is 0 Å². The van der Waals surface area contributed by atoms with Gasteiger partial charge in [-0.1, -0.05) is 12.1 Å². The van der Waals surface area contributed by atoms with Crippen molar-refractivity contribution in [2.24, 2.45) is 0 Å². The number of alkyl halides is 3. The number of rotatable bonds is 4. The van der Waals surface area contributed by atoms with E-state index in [4.69, 9.17) is 14.7 Å². The summed E-state index contributed by atoms with van der Waals surface area (Å²) >= 11 is 0. The summed E-state index contributed by atoms with van der Waals surface area (Å²) in [6.07, 6.45) is -4.91. The van der Waals surface area contributed by atoms with Crippen molar-refractivity contribution in [1.29, 1.82) is 5.26 Å². The molecule has 0 spiro atoms. The maximum atomic E-state index is 12.8. The van der Waals surface area contributed by atoms with E-state index in [9.17, 15) is 18.0 Å². The van der Waals surface area contributed by atoms with Gasteiger partial charge in [-0.25, -0.2) is 0 Å². The molecule has 0 N–H and O–H groups in total. The lowest BCUT2D eigenvalue weighted by Crippen LogP contribution is -2.47. The van der Waals surface area contributed by atoms with Crippen LogP contribution < -0.4 is 4.74 Å². The van der Waals surface area contributed by atoms with Crippen LogP contribution in [0.3, 0.4) is 0 Å². The number of benzene rings is 2. The molecule has 0 aliphatic carbocycles. The van der Waals surface area contributed by atoms with Crippen LogP contribution in [0.4, 0.5) is 13.2 Å². The van der Waals surface area contributed by atoms with Gasteiger partial charge in [0, 0.05) is 12.1 Å². The van der Waals surface area contributed by atoms with Crippen molar-refractivity contribution in [1.82, 2.24) is 4.90 Å². The quantitative estimate of drug-likeness (QED) is 0.802. The summed E-state index contributed by atoms with van der Waals surface area (Å²) in [6, 6.07) is 13.0. The molecular weight excluding hydrogens is 373 g/mol. The molecule has 3 rings (SSSR count). The molecule has 1 aliphatic heterocycles. The molecule has 0 bridgehead atoms. The number of carbonyl (C=O) groups is 1. The summed E-state index contributed by atoms with van der Waals surface area (Å²) in [6.45, 7) is 0.938. The molecule has 8 heteroatoms. The van der Waals surface area contributed by atoms with Gasteiger partial charge in [-0.2, -0.15) is 18.4 Å². The Morgan fingerprint density at radius 3 is 2.79 bits per heavy atom. The lowest BCUT2D eigenvalue weighted by atomic mass is 10.1. The van der Waals surface area contributed by atoms with Gasteiger partial charge < -0.3 is 14.4 Å². The first-order valence-electron chi connectivity index (χ1n) is 8.58. The zero-order chi connectivity index (χ0) is 20.1. The number of carbonyl (C=O) groups excluding carboxylic acids is 1. The Bertz CT molecular complexity index is 893. The topological polar surface area (TPSA) is 62.6 Å². The van der Waals surface area contributed by atoms with Crippen molar-refractivity contribution in [3.05, 3.63) is 65.2 Å². The number of hydrogen-bond donors (Lipinski definition) is 0. The van der Waals surface area contributed by atoms with Crippen molar-refractivity contribution >= 4 is 5.91 Å². The average molecular weight is 390 g/mol. The Morgan fingerprint density at radius 1 is 1.25 bits per heavy atom. The number of nitrogens with zero attached hydrogens (tertiary/aromatic N) is 2. The molecule has 1 saturated heterocycles. The SMILES string of the molecule is N#Cc1cccc(C(=O)N2CCO[C@H](COc3cccc(C(F)(F)F)c3)C2)c1. The molecule has 1 heterocycles. The normalized spacial score (nSPS) is 17.1. The molecule has 0 unspecified atom stereocenters. The lowest BCUT2D eigenvalue weighted by molar-refractivity contribution is -0.137. The highest BCUT2D eigenvalue weighted by Gasteiger charge is 2.31. The van der Waals surface area contributed by atoms with Gasteiger partial charge in [0.1, 0.15) is 18.5 Å². The standard InChI is InChI=1S/C20H17F3N2O3/c21-20(22,23)16-5-2-6-17(10-16)28-13-18-12-25(7-8-27-18)19(26)15-4-1-3-14(9-15)11-24/h1-6,9-10,18H,7-8,12-13H2/t18-/m0/s1. The fourth-order valence-corrected chi connectivity index (χ4v) is 2.86. The van der Waals surface area contributed by atoms with Crippen molar-refractivity contribution in [3.63, 3.8) is 0 Å². The first kappa shape index (κ1) is 19.7. The highest BCUT2D eigenvalue weighted by molar-refractivity contribution is 5.94. The molecule has 1 atom stereocenters. The minimum atomic E-state index is -4.44. The van der Waals surface area contributed by atoms with Crippen LogP contribution in [0.1, 0.15) is 21.5 Å². The molecule has 2 aromatic rings. The van der Waals surface area contributed by atoms with E-state index in [0.29, 0.717) is 24.3 Å². The molecule has 0 aromatic heterocycles. The number of ether oxygens (including phenoxy) is 2. The molecule has 28 heavy (non-hydrogen) atoms. The monoisotopic (exact) mass is 390 g/mol. The van der Waals surface area contributed by atoms with Crippen molar-refractivity contribution in [2.75, 3.05) is 26.3 Å². The maximum Gasteiger partial charge on any atom is 0.416 e. The smallest absolute Gasteiger partial charge is 0.416 e. The first-order chi connectivity index (χ1) is 13.4. The molecule has 0 radical (unpaired) electrons. The van der Waals surface area contributed by atoms with E-state index in [1.165, 1.54) is 18.2 Å². The summed E-state index contributed by atoms with van der Waals surface area (Å²) in [5.41, 5.74) is 0.00535. The van der Waals surface area contributed by atoms with E-state index in [0.717, 1.165) is 12.1 Å². The minimum Gasteiger partial charge on any atom is -0.491 e. The molecule has 1 fully saturated rings. The van der Waals surface area contributed by atoms with Crippen LogP contribution in [-0.2, 0) is 10.9 Å². The number of nitriles is 1. The summed E-state index contributed by atoms with van der Waals surface area (Å²) in [5.74, 6) is -0.145. The molecule has 0 saturated carbocycles. The second kappa shape index (κ2) is 8.31. The Hall–Kier alpha value is -3.05. The van der Waals surface area contributed by atoms with Crippen LogP contribution in [0.5, 0.6) is 5.75 Å². The molecule has 1 aliphatic rings. The van der Waals surface area contributed by atoms with E-state index in [1.54, 1.807) is 23.1 Å². The van der Waals surface area contributed by atoms with E-state index in [1.807, 2.05) is 6.07 Å². The van der Waals surface area contributed by atoms with Crippen LogP contribution in [0.2, 0.25) is 0 Å². The van der Waals surface area contributed by atoms with E-state index in [2.05, 4.69) is 0 Å². The zero-order valence-electron chi connectivity index (χ0n) is 14.8. The van der Waals surface area contributed by atoms with Gasteiger partial charge >= 0.3 is 6.18 Å². The largest absolute Gasteiger partial charge is 0.491 e. The molecular formula is C20H17F3N2O3. The minimum absolute atomic E-state index is 0.0172. The Morgan fingerprint density at radius 2 is 2.04 bits per heavy atom. The molecule has 5 nitrogen and oxygen atoms in total. The average Bonchev–Trinajstić information content (AvgIpc) is 2.71. The number of amides is 1. The number of hydrogen-bond acceptors (Lipinski definition) is 4. The van der Waals surface area contributed by atoms with Crippen molar-refractivity contribution in [2.45, 2.75) is 12.3 Å². The Kier molecular flexibility index (Phi) is 5.85. The third-order valence-electron chi connectivity index (χ3n) is 4.26. The Balaban J connectivity index is 1.61. The highest BCUT2D eigenvalue weighted by atomic mass is 19.4. The van der Waals surface area contributed by atoms with Gasteiger partial charge in [0.25, 0.3) is 5.91 Å². The number of halogens is 3. The summed E-state index contributed by atoms with van der Waals surface area (Å²) in [5, 5.41) is 8.96. The third-order valence-corrected chi connectivity index (χ3v) is 4.26. The fourth-order valence-electron chi connectivity index (χ4n) is 2.86. The fraction of sp³-hybridized carbons (Fsp3) is 0.300. The van der Waals surface area contributed by atoms with E-state index in [-0.39, 0.29) is 24.8 Å². The van der Waals surface area contributed by atoms with Crippen LogP contribution in [0.25, 0.3) is 0 Å². The maximum absolute atomic E-state index is 12.8. The van der Waals surface area contributed by atoms with Crippen LogP contribution >= 0.6 is 0 Å². The predicted molar refractivity (Wildman–Crippen MR) is 93.7 cm³/mol. The molecule has 2 aromatic carbocycles. The lowest BCUT2D eigenvalue weighted by Gasteiger charge is -2.33. The van der Waals surface area contributed by atoms with Gasteiger partial charge in [0.15, 0.2) is 0 Å². The number of morpholine rings is 1.